The molecule has 1 aromatic carbocycles. The molecule has 1 rings (SSSR count). The van der Waals surface area contributed by atoms with Crippen LogP contribution in [0.1, 0.15) is 22.8 Å². The number of hydrogen-bond donors (Lipinski definition) is 0. The number of hydrogen-bond acceptors (Lipinski definition) is 2. The quantitative estimate of drug-likeness (QED) is 0.510. The molecule has 0 amide bonds. The van der Waals surface area contributed by atoms with Crippen LogP contribution >= 0.6 is 0 Å². The Morgan fingerprint density at radius 3 is 2.46 bits per heavy atom. The standard InChI is InChI=1S/C11H11NO/c1-9(7-12-2)11-5-3-10(8-13)4-6-11/h3-8H,2H2,1H3. The Balaban J connectivity index is 2.98. The van der Waals surface area contributed by atoms with Crippen molar-refractivity contribution in [2.24, 2.45) is 4.99 Å². The maximum absolute atomic E-state index is 10.4. The van der Waals surface area contributed by atoms with E-state index in [1.165, 1.54) is 0 Å². The number of benzene rings is 1. The highest BCUT2D eigenvalue weighted by molar-refractivity contribution is 5.76. The molecule has 0 saturated heterocycles. The van der Waals surface area contributed by atoms with Gasteiger partial charge in [0.05, 0.1) is 0 Å². The molecule has 0 spiro atoms. The third-order valence-corrected chi connectivity index (χ3v) is 1.79. The van der Waals surface area contributed by atoms with Crippen LogP contribution in [0.2, 0.25) is 0 Å². The van der Waals surface area contributed by atoms with Crippen LogP contribution in [0.15, 0.2) is 35.5 Å². The average Bonchev–Trinajstić information content (AvgIpc) is 2.18. The summed E-state index contributed by atoms with van der Waals surface area (Å²) < 4.78 is 0. The van der Waals surface area contributed by atoms with Gasteiger partial charge in [-0.15, -0.1) is 0 Å². The van der Waals surface area contributed by atoms with Gasteiger partial charge in [-0.1, -0.05) is 24.3 Å². The number of aldehydes is 1. The van der Waals surface area contributed by atoms with Gasteiger partial charge in [-0.2, -0.15) is 0 Å². The van der Waals surface area contributed by atoms with Gasteiger partial charge < -0.3 is 0 Å². The van der Waals surface area contributed by atoms with Gasteiger partial charge >= 0.3 is 0 Å². The minimum Gasteiger partial charge on any atom is -0.298 e. The van der Waals surface area contributed by atoms with Crippen LogP contribution in [0.25, 0.3) is 5.57 Å². The molecule has 0 aromatic heterocycles. The van der Waals surface area contributed by atoms with Crippen LogP contribution in [0.5, 0.6) is 0 Å². The number of carbonyl (C=O) groups is 1. The predicted octanol–water partition coefficient (Wildman–Crippen LogP) is 2.56. The summed E-state index contributed by atoms with van der Waals surface area (Å²) in [6.45, 7) is 5.33. The highest BCUT2D eigenvalue weighted by atomic mass is 16.1. The number of nitrogens with zero attached hydrogens (tertiary/aromatic N) is 1. The summed E-state index contributed by atoms with van der Waals surface area (Å²) in [4.78, 5) is 14.0. The average molecular weight is 173 g/mol. The summed E-state index contributed by atoms with van der Waals surface area (Å²) in [5.41, 5.74) is 2.77. The summed E-state index contributed by atoms with van der Waals surface area (Å²) in [5, 5.41) is 0. The van der Waals surface area contributed by atoms with Gasteiger partial charge in [0.2, 0.25) is 0 Å². The summed E-state index contributed by atoms with van der Waals surface area (Å²) in [6, 6.07) is 7.34. The third kappa shape index (κ3) is 2.37. The fourth-order valence-corrected chi connectivity index (χ4v) is 1.04. The molecule has 0 aliphatic heterocycles. The largest absolute Gasteiger partial charge is 0.298 e. The molecule has 2 heteroatoms. The Hall–Kier alpha value is -1.70. The fraction of sp³-hybridized carbons (Fsp3) is 0.0909. The van der Waals surface area contributed by atoms with Crippen molar-refractivity contribution < 1.29 is 4.79 Å². The lowest BCUT2D eigenvalue weighted by Crippen LogP contribution is -1.82. The van der Waals surface area contributed by atoms with Crippen LogP contribution in [0.4, 0.5) is 0 Å². The second-order valence-corrected chi connectivity index (χ2v) is 2.73. The highest BCUT2D eigenvalue weighted by Gasteiger charge is 1.94. The molecule has 66 valence electrons. The zero-order valence-corrected chi connectivity index (χ0v) is 7.53. The van der Waals surface area contributed by atoms with Gasteiger partial charge in [-0.3, -0.25) is 9.79 Å². The molecule has 0 N–H and O–H groups in total. The second-order valence-electron chi connectivity index (χ2n) is 2.73. The molecule has 0 heterocycles. The Kier molecular flexibility index (Phi) is 3.15. The van der Waals surface area contributed by atoms with Crippen LogP contribution < -0.4 is 0 Å². The van der Waals surface area contributed by atoms with Crippen molar-refractivity contribution in [2.75, 3.05) is 0 Å². The van der Waals surface area contributed by atoms with Gasteiger partial charge in [0, 0.05) is 11.8 Å². The Labute approximate surface area is 77.6 Å². The first-order valence-corrected chi connectivity index (χ1v) is 3.96. The van der Waals surface area contributed by atoms with Crippen molar-refractivity contribution in [1.29, 1.82) is 0 Å². The van der Waals surface area contributed by atoms with E-state index in [4.69, 9.17) is 0 Å². The van der Waals surface area contributed by atoms with Gasteiger partial charge in [-0.05, 0) is 24.8 Å². The van der Waals surface area contributed by atoms with E-state index in [9.17, 15) is 4.79 Å². The molecule has 0 aliphatic carbocycles. The van der Waals surface area contributed by atoms with Crippen LogP contribution in [-0.4, -0.2) is 13.0 Å². The Morgan fingerprint density at radius 1 is 1.38 bits per heavy atom. The van der Waals surface area contributed by atoms with Crippen LogP contribution in [0, 0.1) is 0 Å². The first-order valence-electron chi connectivity index (χ1n) is 3.96. The van der Waals surface area contributed by atoms with E-state index in [1.807, 2.05) is 19.1 Å². The maximum atomic E-state index is 10.4. The first kappa shape index (κ1) is 9.39. The minimum absolute atomic E-state index is 0.683. The smallest absolute Gasteiger partial charge is 0.150 e. The van der Waals surface area contributed by atoms with Crippen molar-refractivity contribution in [2.45, 2.75) is 6.92 Å². The molecule has 0 radical (unpaired) electrons. The molecule has 1 aromatic rings. The van der Waals surface area contributed by atoms with Crippen molar-refractivity contribution in [1.82, 2.24) is 0 Å². The zero-order chi connectivity index (χ0) is 9.68. The highest BCUT2D eigenvalue weighted by Crippen LogP contribution is 2.13. The van der Waals surface area contributed by atoms with E-state index >= 15 is 0 Å². The molecule has 0 fully saturated rings. The van der Waals surface area contributed by atoms with E-state index < -0.39 is 0 Å². The molecule has 2 nitrogen and oxygen atoms in total. The molecule has 13 heavy (non-hydrogen) atoms. The van der Waals surface area contributed by atoms with Crippen molar-refractivity contribution >= 4 is 18.6 Å². The lowest BCUT2D eigenvalue weighted by atomic mass is 10.1. The third-order valence-electron chi connectivity index (χ3n) is 1.79. The molecule has 0 aliphatic rings. The number of allylic oxidation sites excluding steroid dienone is 1. The molecule has 0 bridgehead atoms. The lowest BCUT2D eigenvalue weighted by molar-refractivity contribution is 0.112. The Bertz CT molecular complexity index is 336. The first-order chi connectivity index (χ1) is 6.27. The summed E-state index contributed by atoms with van der Waals surface area (Å²) in [6.07, 6.45) is 2.52. The number of carbonyl (C=O) groups excluding carboxylic acids is 1. The zero-order valence-electron chi connectivity index (χ0n) is 7.53. The van der Waals surface area contributed by atoms with E-state index in [1.54, 1.807) is 18.3 Å². The van der Waals surface area contributed by atoms with Gasteiger partial charge in [0.25, 0.3) is 0 Å². The van der Waals surface area contributed by atoms with Crippen LogP contribution in [0.3, 0.4) is 0 Å². The summed E-state index contributed by atoms with van der Waals surface area (Å²) in [7, 11) is 0. The van der Waals surface area contributed by atoms with Crippen molar-refractivity contribution in [3.8, 4) is 0 Å². The van der Waals surface area contributed by atoms with Gasteiger partial charge in [-0.25, -0.2) is 0 Å². The SMILES string of the molecule is C=NC=C(C)c1ccc(C=O)cc1. The number of aliphatic imine (C=N–C) groups is 1. The van der Waals surface area contributed by atoms with E-state index in [0.717, 1.165) is 17.4 Å². The molecule has 0 atom stereocenters. The van der Waals surface area contributed by atoms with Crippen molar-refractivity contribution in [3.05, 3.63) is 41.6 Å². The van der Waals surface area contributed by atoms with E-state index in [0.29, 0.717) is 5.56 Å². The fourth-order valence-electron chi connectivity index (χ4n) is 1.04. The van der Waals surface area contributed by atoms with Crippen molar-refractivity contribution in [3.63, 3.8) is 0 Å². The summed E-state index contributed by atoms with van der Waals surface area (Å²) >= 11 is 0. The monoisotopic (exact) mass is 173 g/mol. The predicted molar refractivity (Wildman–Crippen MR) is 55.0 cm³/mol. The van der Waals surface area contributed by atoms with Gasteiger partial charge in [0.1, 0.15) is 6.29 Å². The molecule has 0 unspecified atom stereocenters. The number of rotatable bonds is 3. The Morgan fingerprint density at radius 2 is 2.00 bits per heavy atom. The normalized spacial score (nSPS) is 11.0. The maximum Gasteiger partial charge on any atom is 0.150 e. The topological polar surface area (TPSA) is 29.4 Å². The van der Waals surface area contributed by atoms with Gasteiger partial charge in [0.15, 0.2) is 0 Å². The molecular formula is C11H11NO. The lowest BCUT2D eigenvalue weighted by Gasteiger charge is -1.99. The molecule has 0 saturated carbocycles. The molecular weight excluding hydrogens is 162 g/mol. The van der Waals surface area contributed by atoms with Crippen LogP contribution in [-0.2, 0) is 0 Å². The minimum atomic E-state index is 0.683. The summed E-state index contributed by atoms with van der Waals surface area (Å²) in [5.74, 6) is 0. The van der Waals surface area contributed by atoms with E-state index in [2.05, 4.69) is 11.7 Å². The second kappa shape index (κ2) is 4.36. The van der Waals surface area contributed by atoms with E-state index in [-0.39, 0.29) is 0 Å².